The van der Waals surface area contributed by atoms with Gasteiger partial charge in [0.25, 0.3) is 0 Å². The van der Waals surface area contributed by atoms with Crippen LogP contribution in [0.3, 0.4) is 0 Å². The van der Waals surface area contributed by atoms with Crippen molar-refractivity contribution in [3.05, 3.63) is 46.2 Å². The van der Waals surface area contributed by atoms with Gasteiger partial charge in [-0.05, 0) is 24.6 Å². The summed E-state index contributed by atoms with van der Waals surface area (Å²) in [5, 5.41) is 11.0. The molecular weight excluding hydrogens is 206 g/mol. The van der Waals surface area contributed by atoms with E-state index in [4.69, 9.17) is 9.95 Å². The molecular formula is C10H9N5O. The van der Waals surface area contributed by atoms with Gasteiger partial charge in [-0.25, -0.2) is 0 Å². The SMILES string of the molecule is Cc1cccc(-c2nnc(CN=[N+]=[N-])o2)c1. The molecule has 1 heterocycles. The van der Waals surface area contributed by atoms with E-state index < -0.39 is 0 Å². The first-order chi connectivity index (χ1) is 7.79. The van der Waals surface area contributed by atoms with Crippen LogP contribution in [0.15, 0.2) is 33.8 Å². The van der Waals surface area contributed by atoms with Gasteiger partial charge in [0.15, 0.2) is 0 Å². The van der Waals surface area contributed by atoms with E-state index in [9.17, 15) is 0 Å². The van der Waals surface area contributed by atoms with Crippen LogP contribution in [0.5, 0.6) is 0 Å². The zero-order chi connectivity index (χ0) is 11.4. The summed E-state index contributed by atoms with van der Waals surface area (Å²) < 4.78 is 5.34. The van der Waals surface area contributed by atoms with E-state index in [2.05, 4.69) is 20.2 Å². The van der Waals surface area contributed by atoms with Crippen LogP contribution >= 0.6 is 0 Å². The molecule has 0 fully saturated rings. The molecule has 0 atom stereocenters. The van der Waals surface area contributed by atoms with E-state index in [1.807, 2.05) is 31.2 Å². The molecule has 0 amide bonds. The first-order valence-electron chi connectivity index (χ1n) is 4.70. The summed E-state index contributed by atoms with van der Waals surface area (Å²) in [5.41, 5.74) is 10.1. The van der Waals surface area contributed by atoms with Gasteiger partial charge in [-0.15, -0.1) is 10.2 Å². The Morgan fingerprint density at radius 3 is 3.06 bits per heavy atom. The van der Waals surface area contributed by atoms with Crippen molar-refractivity contribution in [2.24, 2.45) is 5.11 Å². The Balaban J connectivity index is 2.27. The maximum Gasteiger partial charge on any atom is 0.247 e. The first-order valence-corrected chi connectivity index (χ1v) is 4.70. The molecule has 0 aliphatic rings. The zero-order valence-electron chi connectivity index (χ0n) is 8.66. The Morgan fingerprint density at radius 2 is 2.31 bits per heavy atom. The highest BCUT2D eigenvalue weighted by Gasteiger charge is 2.07. The third-order valence-corrected chi connectivity index (χ3v) is 2.00. The van der Waals surface area contributed by atoms with Gasteiger partial charge in [0.2, 0.25) is 11.8 Å². The standard InChI is InChI=1S/C10H9N5O/c1-7-3-2-4-8(5-7)10-14-13-9(16-10)6-12-15-11/h2-5H,6H2,1H3. The number of hydrogen-bond donors (Lipinski definition) is 0. The Bertz CT molecular complexity index is 542. The molecule has 0 spiro atoms. The molecule has 1 aromatic heterocycles. The average molecular weight is 215 g/mol. The quantitative estimate of drug-likeness (QED) is 0.448. The summed E-state index contributed by atoms with van der Waals surface area (Å²) in [5.74, 6) is 0.751. The van der Waals surface area contributed by atoms with Crippen molar-refractivity contribution in [1.82, 2.24) is 10.2 Å². The second-order valence-corrected chi connectivity index (χ2v) is 3.26. The Labute approximate surface area is 91.6 Å². The van der Waals surface area contributed by atoms with Crippen LogP contribution < -0.4 is 0 Å². The van der Waals surface area contributed by atoms with Crippen LogP contribution in [0, 0.1) is 6.92 Å². The van der Waals surface area contributed by atoms with Gasteiger partial charge >= 0.3 is 0 Å². The lowest BCUT2D eigenvalue weighted by molar-refractivity contribution is 0.508. The lowest BCUT2D eigenvalue weighted by Gasteiger charge is -1.95. The van der Waals surface area contributed by atoms with Crippen molar-refractivity contribution in [3.63, 3.8) is 0 Å². The van der Waals surface area contributed by atoms with Crippen molar-refractivity contribution < 1.29 is 4.42 Å². The van der Waals surface area contributed by atoms with Crippen LogP contribution in [0.4, 0.5) is 0 Å². The van der Waals surface area contributed by atoms with Crippen molar-refractivity contribution in [2.75, 3.05) is 0 Å². The summed E-state index contributed by atoms with van der Waals surface area (Å²) in [7, 11) is 0. The molecule has 1 aromatic carbocycles. The van der Waals surface area contributed by atoms with E-state index in [0.29, 0.717) is 11.8 Å². The number of aryl methyl sites for hydroxylation is 1. The van der Waals surface area contributed by atoms with E-state index >= 15 is 0 Å². The van der Waals surface area contributed by atoms with E-state index in [1.165, 1.54) is 0 Å². The fraction of sp³-hybridized carbons (Fsp3) is 0.200. The van der Waals surface area contributed by atoms with Crippen LogP contribution in [0.2, 0.25) is 0 Å². The third-order valence-electron chi connectivity index (χ3n) is 2.00. The van der Waals surface area contributed by atoms with Crippen molar-refractivity contribution in [1.29, 1.82) is 0 Å². The second-order valence-electron chi connectivity index (χ2n) is 3.26. The molecule has 6 nitrogen and oxygen atoms in total. The Morgan fingerprint density at radius 1 is 1.44 bits per heavy atom. The van der Waals surface area contributed by atoms with E-state index in [0.717, 1.165) is 11.1 Å². The predicted molar refractivity (Wildman–Crippen MR) is 57.3 cm³/mol. The van der Waals surface area contributed by atoms with Crippen molar-refractivity contribution in [2.45, 2.75) is 13.5 Å². The molecule has 0 radical (unpaired) electrons. The van der Waals surface area contributed by atoms with E-state index in [1.54, 1.807) is 0 Å². The number of aromatic nitrogens is 2. The predicted octanol–water partition coefficient (Wildman–Crippen LogP) is 2.86. The average Bonchev–Trinajstić information content (AvgIpc) is 2.75. The summed E-state index contributed by atoms with van der Waals surface area (Å²) in [6.45, 7) is 2.07. The Kier molecular flexibility index (Phi) is 2.84. The van der Waals surface area contributed by atoms with E-state index in [-0.39, 0.29) is 6.54 Å². The highest BCUT2D eigenvalue weighted by atomic mass is 16.4. The van der Waals surface area contributed by atoms with Gasteiger partial charge in [-0.2, -0.15) is 0 Å². The van der Waals surface area contributed by atoms with Crippen LogP contribution in [-0.4, -0.2) is 10.2 Å². The smallest absolute Gasteiger partial charge is 0.247 e. The fourth-order valence-corrected chi connectivity index (χ4v) is 1.30. The van der Waals surface area contributed by atoms with Gasteiger partial charge in [-0.1, -0.05) is 22.8 Å². The molecule has 0 unspecified atom stereocenters. The molecule has 80 valence electrons. The summed E-state index contributed by atoms with van der Waals surface area (Å²) in [6.07, 6.45) is 0. The topological polar surface area (TPSA) is 87.7 Å². The fourth-order valence-electron chi connectivity index (χ4n) is 1.30. The monoisotopic (exact) mass is 215 g/mol. The molecule has 16 heavy (non-hydrogen) atoms. The van der Waals surface area contributed by atoms with Gasteiger partial charge in [0.1, 0.15) is 6.54 Å². The maximum absolute atomic E-state index is 8.16. The van der Waals surface area contributed by atoms with Crippen molar-refractivity contribution in [3.8, 4) is 11.5 Å². The van der Waals surface area contributed by atoms with Gasteiger partial charge < -0.3 is 4.42 Å². The minimum Gasteiger partial charge on any atom is -0.421 e. The molecule has 0 N–H and O–H groups in total. The molecule has 2 aromatic rings. The van der Waals surface area contributed by atoms with Crippen molar-refractivity contribution >= 4 is 0 Å². The molecule has 6 heteroatoms. The number of hydrogen-bond acceptors (Lipinski definition) is 4. The minimum absolute atomic E-state index is 0.0787. The first kappa shape index (κ1) is 10.2. The number of azide groups is 1. The zero-order valence-corrected chi connectivity index (χ0v) is 8.66. The molecule has 0 bridgehead atoms. The molecule has 0 aliphatic heterocycles. The minimum atomic E-state index is 0.0787. The normalized spacial score (nSPS) is 9.81. The summed E-state index contributed by atoms with van der Waals surface area (Å²) in [4.78, 5) is 2.62. The highest BCUT2D eigenvalue weighted by molar-refractivity contribution is 5.53. The van der Waals surface area contributed by atoms with Crippen LogP contribution in [0.1, 0.15) is 11.5 Å². The maximum atomic E-state index is 8.16. The number of benzene rings is 1. The Hall–Kier alpha value is -2.33. The van der Waals surface area contributed by atoms with Gasteiger partial charge in [0.05, 0.1) is 0 Å². The number of nitrogens with zero attached hydrogens (tertiary/aromatic N) is 5. The molecule has 2 rings (SSSR count). The van der Waals surface area contributed by atoms with Gasteiger partial charge in [0, 0.05) is 10.5 Å². The highest BCUT2D eigenvalue weighted by Crippen LogP contribution is 2.18. The van der Waals surface area contributed by atoms with Crippen LogP contribution in [0.25, 0.3) is 21.9 Å². The molecule has 0 saturated heterocycles. The second kappa shape index (κ2) is 4.46. The molecule has 0 saturated carbocycles. The van der Waals surface area contributed by atoms with Gasteiger partial charge in [-0.3, -0.25) is 0 Å². The van der Waals surface area contributed by atoms with Crippen LogP contribution in [-0.2, 0) is 6.54 Å². The summed E-state index contributed by atoms with van der Waals surface area (Å²) >= 11 is 0. The third kappa shape index (κ3) is 2.18. The lowest BCUT2D eigenvalue weighted by Crippen LogP contribution is -1.79. The largest absolute Gasteiger partial charge is 0.421 e. The number of rotatable bonds is 3. The lowest BCUT2D eigenvalue weighted by atomic mass is 10.1. The summed E-state index contributed by atoms with van der Waals surface area (Å²) in [6, 6.07) is 7.74. The molecule has 0 aliphatic carbocycles.